The van der Waals surface area contributed by atoms with Gasteiger partial charge in [-0.15, -0.1) is 0 Å². The molecule has 1 aromatic heterocycles. The van der Waals surface area contributed by atoms with Crippen LogP contribution in [0.3, 0.4) is 0 Å². The number of para-hydroxylation sites is 2. The van der Waals surface area contributed by atoms with Crippen molar-refractivity contribution in [2.24, 2.45) is 11.8 Å². The van der Waals surface area contributed by atoms with Gasteiger partial charge in [-0.3, -0.25) is 9.69 Å². The van der Waals surface area contributed by atoms with E-state index in [-0.39, 0.29) is 23.5 Å². The van der Waals surface area contributed by atoms with Crippen molar-refractivity contribution in [1.82, 2.24) is 19.8 Å². The van der Waals surface area contributed by atoms with E-state index in [1.165, 1.54) is 64.2 Å². The van der Waals surface area contributed by atoms with Crippen LogP contribution in [-0.4, -0.2) is 69.3 Å². The summed E-state index contributed by atoms with van der Waals surface area (Å²) in [6.07, 6.45) is 15.6. The van der Waals surface area contributed by atoms with E-state index in [0.29, 0.717) is 24.7 Å². The van der Waals surface area contributed by atoms with Gasteiger partial charge < -0.3 is 19.9 Å². The lowest BCUT2D eigenvalue weighted by Gasteiger charge is -2.54. The second kappa shape index (κ2) is 10.2. The van der Waals surface area contributed by atoms with Gasteiger partial charge in [0.15, 0.2) is 5.82 Å². The monoisotopic (exact) mass is 533 g/mol. The number of rotatable bonds is 5. The van der Waals surface area contributed by atoms with E-state index >= 15 is 0 Å². The van der Waals surface area contributed by atoms with Crippen molar-refractivity contribution < 1.29 is 9.90 Å². The van der Waals surface area contributed by atoms with Gasteiger partial charge in [0.1, 0.15) is 6.04 Å². The summed E-state index contributed by atoms with van der Waals surface area (Å²) in [5.41, 5.74) is 1.52. The highest BCUT2D eigenvalue weighted by Crippen LogP contribution is 2.47. The third kappa shape index (κ3) is 4.38. The van der Waals surface area contributed by atoms with Gasteiger partial charge in [0, 0.05) is 30.7 Å². The average Bonchev–Trinajstić information content (AvgIpc) is 3.06. The largest absolute Gasteiger partial charge is 0.480 e. The van der Waals surface area contributed by atoms with E-state index in [2.05, 4.69) is 10.2 Å². The van der Waals surface area contributed by atoms with Crippen LogP contribution in [0.2, 0.25) is 0 Å². The van der Waals surface area contributed by atoms with Gasteiger partial charge >= 0.3 is 5.97 Å². The summed E-state index contributed by atoms with van der Waals surface area (Å²) in [6, 6.07) is 8.83. The van der Waals surface area contributed by atoms with Crippen LogP contribution in [0.25, 0.3) is 11.0 Å². The van der Waals surface area contributed by atoms with Crippen LogP contribution in [0, 0.1) is 11.8 Å². The third-order valence-corrected chi connectivity index (χ3v) is 10.9. The summed E-state index contributed by atoms with van der Waals surface area (Å²) in [5.74, 6) is 1.18. The van der Waals surface area contributed by atoms with Crippen LogP contribution in [0.15, 0.2) is 29.1 Å². The van der Waals surface area contributed by atoms with E-state index in [4.69, 9.17) is 4.98 Å². The Hall–Kier alpha value is -2.45. The number of hydrogen-bond donors (Lipinski definition) is 2. The first kappa shape index (κ1) is 25.5. The molecule has 0 radical (unpaired) electrons. The van der Waals surface area contributed by atoms with Crippen molar-refractivity contribution in [2.45, 2.75) is 113 Å². The highest BCUT2D eigenvalue weighted by atomic mass is 16.4. The summed E-state index contributed by atoms with van der Waals surface area (Å²) in [4.78, 5) is 35.6. The number of carbonyl (C=O) groups is 1. The van der Waals surface area contributed by atoms with Crippen molar-refractivity contribution in [2.75, 3.05) is 18.5 Å². The van der Waals surface area contributed by atoms with Crippen LogP contribution in [0.1, 0.15) is 83.1 Å². The molecule has 3 saturated heterocycles. The molecule has 7 rings (SSSR count). The molecule has 0 amide bonds. The smallest absolute Gasteiger partial charge is 0.328 e. The highest BCUT2D eigenvalue weighted by Gasteiger charge is 2.47. The van der Waals surface area contributed by atoms with Crippen LogP contribution < -0.4 is 15.8 Å². The Bertz CT molecular complexity index is 1270. The zero-order valence-corrected chi connectivity index (χ0v) is 23.2. The summed E-state index contributed by atoms with van der Waals surface area (Å²) >= 11 is 0. The van der Waals surface area contributed by atoms with Crippen molar-refractivity contribution in [1.29, 1.82) is 0 Å². The minimum atomic E-state index is -0.919. The molecule has 2 N–H and O–H groups in total. The number of aliphatic carboxylic acids is 1. The lowest BCUT2D eigenvalue weighted by Crippen LogP contribution is -2.69. The first-order valence-corrected chi connectivity index (χ1v) is 15.5. The van der Waals surface area contributed by atoms with E-state index in [9.17, 15) is 14.7 Å². The van der Waals surface area contributed by atoms with E-state index in [1.54, 1.807) is 11.9 Å². The fourth-order valence-corrected chi connectivity index (χ4v) is 9.27. The topological polar surface area (TPSA) is 90.7 Å². The Morgan fingerprint density at radius 3 is 2.26 bits per heavy atom. The Balaban J connectivity index is 1.22. The number of nitrogens with one attached hydrogen (secondary N) is 1. The number of hydrogen-bond acceptors (Lipinski definition) is 6. The van der Waals surface area contributed by atoms with Crippen molar-refractivity contribution in [3.05, 3.63) is 34.6 Å². The van der Waals surface area contributed by atoms with E-state index < -0.39 is 12.0 Å². The number of fused-ring (bicyclic) bond motifs is 5. The van der Waals surface area contributed by atoms with E-state index in [1.807, 2.05) is 28.8 Å². The van der Waals surface area contributed by atoms with E-state index in [0.717, 1.165) is 35.7 Å². The SMILES string of the molecule is CN[C@@H]1CN(c2nc3ccccc3n([C@@H]3C[C@H]4CCC[C@@H](C3)N4[C@@H]3C[C@@H]4CCCC[C@@H](C4)C3)c2=O)[C@@H]1C(=O)O. The second-order valence-electron chi connectivity index (χ2n) is 13.1. The minimum Gasteiger partial charge on any atom is -0.480 e. The summed E-state index contributed by atoms with van der Waals surface area (Å²) in [7, 11) is 1.78. The quantitative estimate of drug-likeness (QED) is 0.596. The number of nitrogens with zero attached hydrogens (tertiary/aromatic N) is 4. The van der Waals surface area contributed by atoms with Crippen molar-refractivity contribution in [3.63, 3.8) is 0 Å². The third-order valence-electron chi connectivity index (χ3n) is 10.9. The first-order chi connectivity index (χ1) is 19.0. The Morgan fingerprint density at radius 2 is 1.59 bits per heavy atom. The Labute approximate surface area is 230 Å². The molecule has 2 saturated carbocycles. The molecule has 1 aromatic carbocycles. The molecule has 0 unspecified atom stereocenters. The normalized spacial score (nSPS) is 36.8. The molecule has 0 spiro atoms. The maximum atomic E-state index is 14.2. The minimum absolute atomic E-state index is 0.117. The van der Waals surface area contributed by atoms with Gasteiger partial charge in [-0.1, -0.05) is 44.2 Å². The number of anilines is 1. The van der Waals surface area contributed by atoms with Crippen LogP contribution >= 0.6 is 0 Å². The molecule has 8 nitrogen and oxygen atoms in total. The van der Waals surface area contributed by atoms with Crippen LogP contribution in [0.4, 0.5) is 5.82 Å². The van der Waals surface area contributed by atoms with Crippen molar-refractivity contribution >= 4 is 22.8 Å². The lowest BCUT2D eigenvalue weighted by atomic mass is 9.73. The number of aromatic nitrogens is 2. The highest BCUT2D eigenvalue weighted by molar-refractivity contribution is 5.83. The van der Waals surface area contributed by atoms with Crippen molar-refractivity contribution in [3.8, 4) is 0 Å². The molecular formula is C31H43N5O3. The molecule has 5 fully saturated rings. The molecule has 2 aliphatic carbocycles. The summed E-state index contributed by atoms with van der Waals surface area (Å²) in [5, 5.41) is 13.0. The molecule has 3 aliphatic heterocycles. The second-order valence-corrected chi connectivity index (χ2v) is 13.1. The molecular weight excluding hydrogens is 490 g/mol. The van der Waals surface area contributed by atoms with Gasteiger partial charge in [0.2, 0.25) is 0 Å². The maximum absolute atomic E-state index is 14.2. The first-order valence-electron chi connectivity index (χ1n) is 15.5. The lowest BCUT2D eigenvalue weighted by molar-refractivity contribution is -0.140. The molecule has 4 heterocycles. The standard InChI is InChI=1S/C31H43N5O3/c1-32-26-18-34(28(26)31(38)39)29-30(37)36(27-12-5-4-11-25(27)33-29)24-16-21-9-6-10-22(17-24)35(21)23-14-19-7-2-3-8-20(13-19)15-23/h4-5,11-12,19-24,26,28,32H,2-3,6-10,13-18H2,1H3,(H,38,39)/t19-,20+,21-,22+,23-,24-,26-,28+/m1/s1. The number of carboxylic acid groups (broad SMARTS) is 1. The van der Waals surface area contributed by atoms with Gasteiger partial charge in [0.05, 0.1) is 17.1 Å². The summed E-state index contributed by atoms with van der Waals surface area (Å²) < 4.78 is 2.01. The van der Waals surface area contributed by atoms with Gasteiger partial charge in [-0.25, -0.2) is 9.78 Å². The Morgan fingerprint density at radius 1 is 0.897 bits per heavy atom. The molecule has 5 aliphatic rings. The zero-order chi connectivity index (χ0) is 26.7. The molecule has 2 aromatic rings. The summed E-state index contributed by atoms with van der Waals surface area (Å²) in [6.45, 7) is 0.474. The molecule has 210 valence electrons. The fraction of sp³-hybridized carbons (Fsp3) is 0.710. The number of likely N-dealkylation sites (N-methyl/N-ethyl adjacent to an activating group) is 1. The Kier molecular flexibility index (Phi) is 6.66. The fourth-order valence-electron chi connectivity index (χ4n) is 9.27. The van der Waals surface area contributed by atoms with Gasteiger partial charge in [-0.05, 0) is 76.0 Å². The van der Waals surface area contributed by atoms with Gasteiger partial charge in [0.25, 0.3) is 5.56 Å². The molecule has 8 atom stereocenters. The number of benzene rings is 1. The van der Waals surface area contributed by atoms with Crippen LogP contribution in [0.5, 0.6) is 0 Å². The molecule has 8 heteroatoms. The number of carboxylic acids is 1. The molecule has 4 bridgehead atoms. The average molecular weight is 534 g/mol. The van der Waals surface area contributed by atoms with Crippen LogP contribution in [-0.2, 0) is 4.79 Å². The zero-order valence-electron chi connectivity index (χ0n) is 23.2. The predicted octanol–water partition coefficient (Wildman–Crippen LogP) is 4.17. The predicted molar refractivity (Wildman–Crippen MR) is 152 cm³/mol. The number of piperidine rings is 2. The molecule has 39 heavy (non-hydrogen) atoms. The maximum Gasteiger partial charge on any atom is 0.328 e. The van der Waals surface area contributed by atoms with Gasteiger partial charge in [-0.2, -0.15) is 0 Å².